The summed E-state index contributed by atoms with van der Waals surface area (Å²) in [6, 6.07) is 19.1. The van der Waals surface area contributed by atoms with Crippen LogP contribution >= 0.6 is 0 Å². The van der Waals surface area contributed by atoms with Gasteiger partial charge >= 0.3 is 0 Å². The van der Waals surface area contributed by atoms with E-state index in [9.17, 15) is 35.4 Å². The van der Waals surface area contributed by atoms with Gasteiger partial charge in [-0.1, -0.05) is 109 Å². The predicted molar refractivity (Wildman–Crippen MR) is 297 cm³/mol. The standard InChI is InChI=1S/C62H82N6O8/c1-36(2)10-5-11-37(3)12-6-16-44(35-69)54-43-17-9-26-61(76)27-25-47-38(4)52(72)31-42-15-8-18-48-55(42)56(59(75)68-58(48)63)66-34-53(73)49(50(33-67-60(64)65)41-19-21-45(70)22-20-41)30-40-14-7-13-39(28-40)29-46(71)23-24-51(47)62(61,32-43)57(54)74/h6-8,10,12-16,18-22,28,43,46,49-51,53-54,56-58,66,69-71,73-74,76H,3,5,9,11,17,23-27,29-35,63H2,1-2,4H3,(H,68,75)(H4,64,65,67). The lowest BCUT2D eigenvalue weighted by molar-refractivity contribution is -0.181. The van der Waals surface area contributed by atoms with Gasteiger partial charge in [0.05, 0.1) is 30.5 Å². The van der Waals surface area contributed by atoms with Crippen molar-refractivity contribution in [1.29, 1.82) is 0 Å². The molecule has 4 bridgehead atoms. The van der Waals surface area contributed by atoms with Gasteiger partial charge in [0.15, 0.2) is 11.7 Å². The number of amides is 1. The summed E-state index contributed by atoms with van der Waals surface area (Å²) in [5, 5.41) is 78.5. The third kappa shape index (κ3) is 12.0. The number of hydrogen-bond donors (Lipinski definition) is 11. The number of allylic oxidation sites excluding steroid dienone is 8. The Morgan fingerprint density at radius 3 is 2.43 bits per heavy atom. The molecule has 0 aromatic heterocycles. The van der Waals surface area contributed by atoms with Crippen molar-refractivity contribution in [2.75, 3.05) is 19.7 Å². The molecule has 8 rings (SSSR count). The molecule has 0 radical (unpaired) electrons. The number of phenolic OH excluding ortho intramolecular Hbond substituents is 1. The maximum Gasteiger partial charge on any atom is 0.243 e. The molecule has 3 aliphatic carbocycles. The molecule has 5 aliphatic rings. The Morgan fingerprint density at radius 1 is 0.974 bits per heavy atom. The lowest BCUT2D eigenvalue weighted by Crippen LogP contribution is -2.61. The number of nitrogens with one attached hydrogen (secondary N) is 2. The van der Waals surface area contributed by atoms with Gasteiger partial charge < -0.3 is 53.2 Å². The van der Waals surface area contributed by atoms with E-state index in [1.54, 1.807) is 24.3 Å². The van der Waals surface area contributed by atoms with Crippen LogP contribution in [0.4, 0.5) is 0 Å². The molecule has 1 spiro atoms. The summed E-state index contributed by atoms with van der Waals surface area (Å²) in [7, 11) is 0. The molecule has 3 saturated carbocycles. The van der Waals surface area contributed by atoms with Gasteiger partial charge in [-0.25, -0.2) is 0 Å². The highest BCUT2D eigenvalue weighted by Crippen LogP contribution is 2.68. The van der Waals surface area contributed by atoms with Crippen molar-refractivity contribution in [2.24, 2.45) is 51.3 Å². The molecule has 2 aliphatic heterocycles. The fraction of sp³-hybridized carbons (Fsp3) is 0.500. The highest BCUT2D eigenvalue weighted by Gasteiger charge is 2.68. The van der Waals surface area contributed by atoms with Crippen molar-refractivity contribution in [3.63, 3.8) is 0 Å². The summed E-state index contributed by atoms with van der Waals surface area (Å²) in [4.78, 5) is 33.7. The highest BCUT2D eigenvalue weighted by molar-refractivity contribution is 5.98. The normalized spacial score (nSPS) is 30.8. The number of β-amino-alcohol motifs (C(OH)–C–C–N with tert-alkyl or cyclic N) is 1. The number of rotatable bonds is 11. The highest BCUT2D eigenvalue weighted by atomic mass is 16.3. The minimum atomic E-state index is -1.28. The Hall–Kier alpha value is -5.71. The van der Waals surface area contributed by atoms with Crippen molar-refractivity contribution in [1.82, 2.24) is 10.6 Å². The third-order valence-corrected chi connectivity index (χ3v) is 17.9. The lowest BCUT2D eigenvalue weighted by Gasteiger charge is -2.57. The Balaban J connectivity index is 1.22. The molecule has 0 saturated heterocycles. The second kappa shape index (κ2) is 24.3. The first-order valence-corrected chi connectivity index (χ1v) is 27.5. The van der Waals surface area contributed by atoms with Gasteiger partial charge in [0.2, 0.25) is 5.91 Å². The topological polar surface area (TPSA) is 270 Å². The van der Waals surface area contributed by atoms with Crippen LogP contribution in [0.15, 0.2) is 130 Å². The molecule has 3 aromatic carbocycles. The van der Waals surface area contributed by atoms with E-state index in [4.69, 9.17) is 17.2 Å². The average Bonchev–Trinajstić information content (AvgIpc) is 3.68. The van der Waals surface area contributed by atoms with E-state index in [0.717, 1.165) is 53.5 Å². The van der Waals surface area contributed by atoms with E-state index in [0.29, 0.717) is 79.2 Å². The van der Waals surface area contributed by atoms with E-state index in [1.807, 2.05) is 67.6 Å². The van der Waals surface area contributed by atoms with Crippen LogP contribution in [-0.2, 0) is 28.9 Å². The van der Waals surface area contributed by atoms with Crippen LogP contribution in [-0.4, -0.2) is 91.9 Å². The van der Waals surface area contributed by atoms with Gasteiger partial charge in [0.1, 0.15) is 18.0 Å². The number of benzene rings is 3. The number of guanidine groups is 1. The Bertz CT molecular complexity index is 2760. The van der Waals surface area contributed by atoms with Crippen molar-refractivity contribution in [3.05, 3.63) is 159 Å². The zero-order valence-corrected chi connectivity index (χ0v) is 44.6. The number of carbonyl (C=O) groups excluding carboxylic acids is 2. The average molecular weight is 1040 g/mol. The molecule has 3 fully saturated rings. The molecule has 3 aromatic rings. The number of nitrogens with zero attached hydrogens (tertiary/aromatic N) is 1. The van der Waals surface area contributed by atoms with Crippen molar-refractivity contribution in [3.8, 4) is 5.75 Å². The van der Waals surface area contributed by atoms with Crippen LogP contribution in [0.3, 0.4) is 0 Å². The maximum atomic E-state index is 15.1. The van der Waals surface area contributed by atoms with Crippen LogP contribution < -0.4 is 27.8 Å². The van der Waals surface area contributed by atoms with E-state index >= 15 is 4.79 Å². The zero-order chi connectivity index (χ0) is 54.5. The number of fused-ring (bicyclic) bond motifs is 4. The number of aliphatic hydroxyl groups is 5. The molecule has 14 heteroatoms. The van der Waals surface area contributed by atoms with Crippen LogP contribution in [0.1, 0.15) is 136 Å². The lowest BCUT2D eigenvalue weighted by atomic mass is 9.51. The third-order valence-electron chi connectivity index (χ3n) is 17.9. The Morgan fingerprint density at radius 2 is 1.71 bits per heavy atom. The van der Waals surface area contributed by atoms with E-state index in [-0.39, 0.29) is 49.5 Å². The summed E-state index contributed by atoms with van der Waals surface area (Å²) in [5.41, 5.74) is 24.7. The van der Waals surface area contributed by atoms with Gasteiger partial charge in [-0.15, -0.1) is 0 Å². The van der Waals surface area contributed by atoms with Crippen molar-refractivity contribution >= 4 is 17.6 Å². The van der Waals surface area contributed by atoms with Crippen LogP contribution in [0.5, 0.6) is 5.75 Å². The Kier molecular flexibility index (Phi) is 18.1. The number of aliphatic imine (C=N–C) groups is 1. The zero-order valence-electron chi connectivity index (χ0n) is 44.6. The van der Waals surface area contributed by atoms with E-state index < -0.39 is 71.1 Å². The molecule has 76 heavy (non-hydrogen) atoms. The van der Waals surface area contributed by atoms with Crippen LogP contribution in [0.2, 0.25) is 0 Å². The SMILES string of the molecule is C=C(C=CC=C(CO)C1C2CCCC3(O)CCC4=C(C)C(=O)Cc5cccc6c5C(NCC(O)C(C(CN=C(N)N)c5ccc(O)cc5)Cc5cccc(c5)CC(O)CCC4C3(C2)C1O)C(=O)NC6N)CCC=C(C)C. The largest absolute Gasteiger partial charge is 0.508 e. The number of nitrogens with two attached hydrogens (primary N) is 3. The minimum Gasteiger partial charge on any atom is -0.508 e. The minimum absolute atomic E-state index is 0.0492. The fourth-order valence-electron chi connectivity index (χ4n) is 14.1. The molecule has 12 unspecified atom stereocenters. The van der Waals surface area contributed by atoms with Gasteiger partial charge in [0, 0.05) is 36.8 Å². The van der Waals surface area contributed by atoms with Crippen LogP contribution in [0.25, 0.3) is 0 Å². The number of hydrogen-bond acceptors (Lipinski definition) is 11. The number of aromatic hydroxyl groups is 1. The van der Waals surface area contributed by atoms with Gasteiger partial charge in [-0.05, 0) is 166 Å². The van der Waals surface area contributed by atoms with Crippen molar-refractivity contribution < 1.29 is 40.2 Å². The van der Waals surface area contributed by atoms with E-state index in [1.165, 1.54) is 5.57 Å². The number of Topliss-reactive ketones (excluding diaryl/α,β-unsaturated/α-hetero) is 1. The molecule has 14 N–H and O–H groups in total. The Labute approximate surface area is 448 Å². The second-order valence-electron chi connectivity index (χ2n) is 22.8. The summed E-state index contributed by atoms with van der Waals surface area (Å²) >= 11 is 0. The molecular formula is C62H82N6O8. The molecule has 2 heterocycles. The van der Waals surface area contributed by atoms with Gasteiger partial charge in [0.25, 0.3) is 0 Å². The summed E-state index contributed by atoms with van der Waals surface area (Å²) < 4.78 is 0. The molecular weight excluding hydrogens is 957 g/mol. The molecule has 12 atom stereocenters. The predicted octanol–water partition coefficient (Wildman–Crippen LogP) is 6.60. The number of phenols is 1. The number of carbonyl (C=O) groups is 2. The molecule has 408 valence electrons. The first-order chi connectivity index (χ1) is 36.3. The summed E-state index contributed by atoms with van der Waals surface area (Å²) in [6.45, 7) is 10.0. The van der Waals surface area contributed by atoms with Gasteiger partial charge in [-0.2, -0.15) is 0 Å². The fourth-order valence-corrected chi connectivity index (χ4v) is 14.1. The molecule has 14 nitrogen and oxygen atoms in total. The first kappa shape index (κ1) is 56.5. The number of aliphatic hydroxyl groups excluding tert-OH is 4. The first-order valence-electron chi connectivity index (χ1n) is 27.5. The van der Waals surface area contributed by atoms with Crippen LogP contribution in [0, 0.1) is 29.1 Å². The molecule has 1 amide bonds. The second-order valence-corrected chi connectivity index (χ2v) is 22.8. The monoisotopic (exact) mass is 1040 g/mol. The number of ketones is 1. The summed E-state index contributed by atoms with van der Waals surface area (Å²) in [6.07, 6.45) is 10.3. The van der Waals surface area contributed by atoms with Gasteiger partial charge in [-0.3, -0.25) is 19.9 Å². The van der Waals surface area contributed by atoms with E-state index in [2.05, 4.69) is 42.1 Å². The smallest absolute Gasteiger partial charge is 0.243 e. The summed E-state index contributed by atoms with van der Waals surface area (Å²) in [5.74, 6) is -2.62. The maximum absolute atomic E-state index is 15.1. The van der Waals surface area contributed by atoms with Crippen molar-refractivity contribution in [2.45, 2.75) is 146 Å². The quantitative estimate of drug-likeness (QED) is 0.0420.